The largest absolute Gasteiger partial charge is 0.446 e. The molecule has 4 aliphatic rings. The lowest BCUT2D eigenvalue weighted by atomic mass is 9.49. The van der Waals surface area contributed by atoms with Crippen LogP contribution in [0.25, 0.3) is 0 Å². The summed E-state index contributed by atoms with van der Waals surface area (Å²) in [5.41, 5.74) is 0.125. The number of hydrogen-bond donors (Lipinski definition) is 1. The van der Waals surface area contributed by atoms with E-state index in [2.05, 4.69) is 10.3 Å². The maximum Gasteiger partial charge on any atom is 0.273 e. The second kappa shape index (κ2) is 6.71. The molecule has 5 rings (SSSR count). The Labute approximate surface area is 154 Å². The maximum atomic E-state index is 13.5. The Kier molecular flexibility index (Phi) is 4.53. The number of hydrogen-bond acceptors (Lipinski definition) is 4. The first-order chi connectivity index (χ1) is 12.5. The van der Waals surface area contributed by atoms with Gasteiger partial charge in [-0.25, -0.2) is 4.98 Å². The lowest BCUT2D eigenvalue weighted by molar-refractivity contribution is -0.158. The molecule has 1 N–H and O–H groups in total. The summed E-state index contributed by atoms with van der Waals surface area (Å²) in [4.78, 5) is 31.5. The van der Waals surface area contributed by atoms with Gasteiger partial charge in [-0.2, -0.15) is 0 Å². The predicted octanol–water partition coefficient (Wildman–Crippen LogP) is 2.99. The van der Waals surface area contributed by atoms with Gasteiger partial charge in [0, 0.05) is 13.1 Å². The van der Waals surface area contributed by atoms with Crippen LogP contribution in [0.4, 0.5) is 0 Å². The average molecular weight is 359 g/mol. The molecule has 1 aromatic rings. The lowest BCUT2D eigenvalue weighted by Crippen LogP contribution is -2.54. The minimum absolute atomic E-state index is 0.153. The monoisotopic (exact) mass is 359 g/mol. The lowest BCUT2D eigenvalue weighted by Gasteiger charge is -2.56. The van der Waals surface area contributed by atoms with Gasteiger partial charge in [0.15, 0.2) is 5.69 Å². The van der Waals surface area contributed by atoms with Gasteiger partial charge in [-0.3, -0.25) is 9.59 Å². The molecule has 0 saturated heterocycles. The minimum Gasteiger partial charge on any atom is -0.446 e. The highest BCUT2D eigenvalue weighted by molar-refractivity contribution is 5.91. The van der Waals surface area contributed by atoms with E-state index in [0.29, 0.717) is 25.5 Å². The summed E-state index contributed by atoms with van der Waals surface area (Å²) in [7, 11) is 0. The van der Waals surface area contributed by atoms with Crippen molar-refractivity contribution in [3.05, 3.63) is 17.8 Å². The van der Waals surface area contributed by atoms with Crippen LogP contribution in [0.1, 0.15) is 68.8 Å². The standard InChI is InChI=1S/C20H29N3O3/c1-3-21-18(24)16-12-26-17(22-16)11-23(4-2)19(25)20-8-13-5-14(9-20)7-15(6-13)10-20/h12-15H,3-11H2,1-2H3,(H,21,24). The van der Waals surface area contributed by atoms with Crippen LogP contribution in [0.5, 0.6) is 0 Å². The Bertz CT molecular complexity index is 661. The fraction of sp³-hybridized carbons (Fsp3) is 0.750. The molecule has 0 aromatic carbocycles. The van der Waals surface area contributed by atoms with Gasteiger partial charge in [0.05, 0.1) is 12.0 Å². The van der Waals surface area contributed by atoms with E-state index in [1.54, 1.807) is 0 Å². The Morgan fingerprint density at radius 3 is 2.35 bits per heavy atom. The van der Waals surface area contributed by atoms with Crippen LogP contribution in [0.15, 0.2) is 10.7 Å². The molecule has 2 amide bonds. The van der Waals surface area contributed by atoms with Gasteiger partial charge in [0.2, 0.25) is 11.8 Å². The summed E-state index contributed by atoms with van der Waals surface area (Å²) in [5, 5.41) is 2.71. The van der Waals surface area contributed by atoms with E-state index in [9.17, 15) is 9.59 Å². The highest BCUT2D eigenvalue weighted by Crippen LogP contribution is 2.60. The van der Waals surface area contributed by atoms with E-state index < -0.39 is 0 Å². The van der Waals surface area contributed by atoms with Gasteiger partial charge in [-0.15, -0.1) is 0 Å². The molecule has 4 fully saturated rings. The van der Waals surface area contributed by atoms with Gasteiger partial charge in [-0.1, -0.05) is 0 Å². The van der Waals surface area contributed by atoms with Crippen LogP contribution >= 0.6 is 0 Å². The molecule has 26 heavy (non-hydrogen) atoms. The normalized spacial score (nSPS) is 31.8. The molecule has 0 atom stereocenters. The molecule has 6 nitrogen and oxygen atoms in total. The molecule has 1 heterocycles. The summed E-state index contributed by atoms with van der Waals surface area (Å²) in [6.45, 7) is 5.40. The Morgan fingerprint density at radius 2 is 1.81 bits per heavy atom. The molecule has 142 valence electrons. The topological polar surface area (TPSA) is 75.4 Å². The predicted molar refractivity (Wildman–Crippen MR) is 96.2 cm³/mol. The van der Waals surface area contributed by atoms with Gasteiger partial charge < -0.3 is 14.6 Å². The number of nitrogens with one attached hydrogen (secondary N) is 1. The summed E-state index contributed by atoms with van der Waals surface area (Å²) < 4.78 is 5.47. The van der Waals surface area contributed by atoms with Crippen LogP contribution < -0.4 is 5.32 Å². The van der Waals surface area contributed by atoms with Crippen molar-refractivity contribution in [3.8, 4) is 0 Å². The number of rotatable bonds is 6. The van der Waals surface area contributed by atoms with Crippen molar-refractivity contribution in [3.63, 3.8) is 0 Å². The molecule has 0 unspecified atom stereocenters. The third kappa shape index (κ3) is 3.03. The molecule has 0 spiro atoms. The van der Waals surface area contributed by atoms with Crippen molar-refractivity contribution >= 4 is 11.8 Å². The first-order valence-corrected chi connectivity index (χ1v) is 10.0. The fourth-order valence-electron chi connectivity index (χ4n) is 5.94. The van der Waals surface area contributed by atoms with E-state index in [-0.39, 0.29) is 22.9 Å². The molecular formula is C20H29N3O3. The molecule has 0 aliphatic heterocycles. The number of nitrogens with zero attached hydrogens (tertiary/aromatic N) is 2. The third-order valence-electron chi connectivity index (χ3n) is 6.61. The van der Waals surface area contributed by atoms with Crippen LogP contribution in [-0.2, 0) is 11.3 Å². The molecule has 4 saturated carbocycles. The zero-order valence-corrected chi connectivity index (χ0v) is 15.8. The van der Waals surface area contributed by atoms with Gasteiger partial charge in [-0.05, 0) is 70.1 Å². The van der Waals surface area contributed by atoms with Crippen LogP contribution in [0.2, 0.25) is 0 Å². The first-order valence-electron chi connectivity index (χ1n) is 10.0. The van der Waals surface area contributed by atoms with Crippen LogP contribution in [-0.4, -0.2) is 34.8 Å². The highest BCUT2D eigenvalue weighted by atomic mass is 16.3. The van der Waals surface area contributed by atoms with Crippen molar-refractivity contribution in [1.29, 1.82) is 0 Å². The SMILES string of the molecule is CCNC(=O)c1coc(CN(CC)C(=O)C23CC4CC(CC(C4)C2)C3)n1. The zero-order valence-electron chi connectivity index (χ0n) is 15.8. The molecule has 4 aliphatic carbocycles. The van der Waals surface area contributed by atoms with E-state index in [0.717, 1.165) is 37.0 Å². The average Bonchev–Trinajstić information content (AvgIpc) is 3.07. The molecule has 0 radical (unpaired) electrons. The van der Waals surface area contributed by atoms with Crippen molar-refractivity contribution in [1.82, 2.24) is 15.2 Å². The van der Waals surface area contributed by atoms with E-state index >= 15 is 0 Å². The Hall–Kier alpha value is -1.85. The van der Waals surface area contributed by atoms with Gasteiger partial charge in [0.1, 0.15) is 6.26 Å². The summed E-state index contributed by atoms with van der Waals surface area (Å²) in [6.07, 6.45) is 8.54. The number of carbonyl (C=O) groups excluding carboxylic acids is 2. The van der Waals surface area contributed by atoms with Gasteiger partial charge >= 0.3 is 0 Å². The maximum absolute atomic E-state index is 13.5. The number of oxazole rings is 1. The van der Waals surface area contributed by atoms with Crippen molar-refractivity contribution in [2.45, 2.75) is 58.9 Å². The summed E-state index contributed by atoms with van der Waals surface area (Å²) in [6, 6.07) is 0. The number of carbonyl (C=O) groups is 2. The number of amides is 2. The Balaban J connectivity index is 1.47. The first kappa shape index (κ1) is 17.6. The highest BCUT2D eigenvalue weighted by Gasteiger charge is 2.55. The second-order valence-corrected chi connectivity index (χ2v) is 8.50. The third-order valence-corrected chi connectivity index (χ3v) is 6.61. The fourth-order valence-corrected chi connectivity index (χ4v) is 5.94. The molecule has 4 bridgehead atoms. The summed E-state index contributed by atoms with van der Waals surface area (Å²) in [5.74, 6) is 2.71. The molecule has 1 aromatic heterocycles. The zero-order chi connectivity index (χ0) is 18.3. The minimum atomic E-state index is -0.238. The van der Waals surface area contributed by atoms with Crippen molar-refractivity contribution < 1.29 is 14.0 Å². The number of aromatic nitrogens is 1. The smallest absolute Gasteiger partial charge is 0.273 e. The van der Waals surface area contributed by atoms with Crippen molar-refractivity contribution in [2.24, 2.45) is 23.2 Å². The van der Waals surface area contributed by atoms with Gasteiger partial charge in [0.25, 0.3) is 5.91 Å². The van der Waals surface area contributed by atoms with Crippen LogP contribution in [0.3, 0.4) is 0 Å². The van der Waals surface area contributed by atoms with Crippen molar-refractivity contribution in [2.75, 3.05) is 13.1 Å². The van der Waals surface area contributed by atoms with Crippen LogP contribution in [0, 0.1) is 23.2 Å². The Morgan fingerprint density at radius 1 is 1.19 bits per heavy atom. The molecule has 6 heteroatoms. The van der Waals surface area contributed by atoms with E-state index in [4.69, 9.17) is 4.42 Å². The quantitative estimate of drug-likeness (QED) is 0.847. The van der Waals surface area contributed by atoms with E-state index in [1.807, 2.05) is 18.7 Å². The molecular weight excluding hydrogens is 330 g/mol. The van der Waals surface area contributed by atoms with E-state index in [1.165, 1.54) is 25.5 Å². The summed E-state index contributed by atoms with van der Waals surface area (Å²) >= 11 is 0. The second-order valence-electron chi connectivity index (χ2n) is 8.50.